The molecule has 2 atom stereocenters. The summed E-state index contributed by atoms with van der Waals surface area (Å²) < 4.78 is 62.5. The van der Waals surface area contributed by atoms with Crippen molar-refractivity contribution in [2.45, 2.75) is 37.9 Å². The maximum atomic E-state index is 12.4. The van der Waals surface area contributed by atoms with Crippen molar-refractivity contribution in [3.63, 3.8) is 0 Å². The predicted molar refractivity (Wildman–Crippen MR) is 115 cm³/mol. The third-order valence-electron chi connectivity index (χ3n) is 4.81. The summed E-state index contributed by atoms with van der Waals surface area (Å²) in [6.07, 6.45) is -4.79. The fourth-order valence-electron chi connectivity index (χ4n) is 2.90. The minimum atomic E-state index is -3.71. The van der Waals surface area contributed by atoms with E-state index in [0.717, 1.165) is 17.4 Å². The Morgan fingerprint density at radius 1 is 0.906 bits per heavy atom. The first kappa shape index (κ1) is 26.0. The second-order valence-electron chi connectivity index (χ2n) is 7.80. The molecule has 0 saturated heterocycles. The first-order valence-electron chi connectivity index (χ1n) is 9.84. The predicted octanol–water partition coefficient (Wildman–Crippen LogP) is 2.73. The fraction of sp³-hybridized carbons (Fsp3) is 0.455. The van der Waals surface area contributed by atoms with E-state index in [1.807, 2.05) is 38.1 Å². The Kier molecular flexibility index (Phi) is 8.97. The molecular weight excluding hydrogens is 446 g/mol. The van der Waals surface area contributed by atoms with Gasteiger partial charge in [0.2, 0.25) is 0 Å². The van der Waals surface area contributed by atoms with Gasteiger partial charge in [-0.05, 0) is 35.4 Å². The molecule has 0 aliphatic heterocycles. The van der Waals surface area contributed by atoms with Crippen LogP contribution >= 0.6 is 0 Å². The number of benzene rings is 2. The zero-order chi connectivity index (χ0) is 23.9. The van der Waals surface area contributed by atoms with E-state index in [2.05, 4.69) is 0 Å². The summed E-state index contributed by atoms with van der Waals surface area (Å²) in [6.45, 7) is 2.91. The van der Waals surface area contributed by atoms with Crippen molar-refractivity contribution in [1.82, 2.24) is 0 Å². The van der Waals surface area contributed by atoms with Gasteiger partial charge in [-0.1, -0.05) is 38.1 Å². The van der Waals surface area contributed by atoms with E-state index < -0.39 is 47.4 Å². The lowest BCUT2D eigenvalue weighted by atomic mass is 9.78. The average molecular weight is 475 g/mol. The number of hydrogen-bond donors (Lipinski definition) is 2. The van der Waals surface area contributed by atoms with E-state index in [0.29, 0.717) is 11.5 Å². The van der Waals surface area contributed by atoms with Gasteiger partial charge in [-0.25, -0.2) is 8.78 Å². The Bertz CT molecular complexity index is 945. The van der Waals surface area contributed by atoms with E-state index in [-0.39, 0.29) is 6.61 Å². The molecule has 2 aromatic carbocycles. The molecule has 2 rings (SSSR count). The minimum Gasteiger partial charge on any atom is -0.491 e. The van der Waals surface area contributed by atoms with E-state index in [1.54, 1.807) is 24.3 Å². The van der Waals surface area contributed by atoms with Crippen LogP contribution in [0.25, 0.3) is 0 Å². The number of hydrogen-bond acceptors (Lipinski definition) is 7. The van der Waals surface area contributed by atoms with Crippen molar-refractivity contribution < 1.29 is 41.1 Å². The molecule has 0 heterocycles. The van der Waals surface area contributed by atoms with Gasteiger partial charge in [0.1, 0.15) is 36.9 Å². The monoisotopic (exact) mass is 474 g/mol. The van der Waals surface area contributed by atoms with Crippen molar-refractivity contribution in [3.8, 4) is 11.5 Å². The first-order chi connectivity index (χ1) is 14.9. The van der Waals surface area contributed by atoms with Gasteiger partial charge < -0.3 is 19.7 Å². The Labute approximate surface area is 186 Å². The molecule has 0 aromatic heterocycles. The summed E-state index contributed by atoms with van der Waals surface area (Å²) in [7, 11) is -3.71. The van der Waals surface area contributed by atoms with Crippen LogP contribution in [0.1, 0.15) is 25.0 Å². The zero-order valence-electron chi connectivity index (χ0n) is 18.1. The lowest BCUT2D eigenvalue weighted by Gasteiger charge is -2.26. The van der Waals surface area contributed by atoms with Crippen LogP contribution in [-0.2, 0) is 19.7 Å². The molecule has 0 radical (unpaired) electrons. The summed E-state index contributed by atoms with van der Waals surface area (Å²) in [4.78, 5) is 0. The van der Waals surface area contributed by atoms with Crippen LogP contribution < -0.4 is 9.47 Å². The summed E-state index contributed by atoms with van der Waals surface area (Å²) in [5.41, 5.74) is 1.53. The third-order valence-corrected chi connectivity index (χ3v) is 5.44. The van der Waals surface area contributed by atoms with Crippen molar-refractivity contribution >= 4 is 10.1 Å². The first-order valence-corrected chi connectivity index (χ1v) is 11.7. The molecule has 2 unspecified atom stereocenters. The Hall–Kier alpha value is -2.27. The van der Waals surface area contributed by atoms with Crippen molar-refractivity contribution in [2.75, 3.05) is 26.1 Å². The maximum absolute atomic E-state index is 12.4. The lowest BCUT2D eigenvalue weighted by molar-refractivity contribution is -0.0283. The highest BCUT2D eigenvalue weighted by Crippen LogP contribution is 2.33. The lowest BCUT2D eigenvalue weighted by Crippen LogP contribution is -2.28. The van der Waals surface area contributed by atoms with E-state index in [1.165, 1.54) is 0 Å². The number of aliphatic hydroxyl groups is 2. The molecule has 10 heteroatoms. The molecule has 2 N–H and O–H groups in total. The highest BCUT2D eigenvalue weighted by molar-refractivity contribution is 7.86. The molecule has 0 bridgehead atoms. The Morgan fingerprint density at radius 2 is 1.34 bits per heavy atom. The van der Waals surface area contributed by atoms with Gasteiger partial charge in [0, 0.05) is 5.41 Å². The fourth-order valence-corrected chi connectivity index (χ4v) is 3.51. The quantitative estimate of drug-likeness (QED) is 0.456. The third kappa shape index (κ3) is 7.70. The van der Waals surface area contributed by atoms with Gasteiger partial charge >= 0.3 is 0 Å². The topological polar surface area (TPSA) is 102 Å². The summed E-state index contributed by atoms with van der Waals surface area (Å²) >= 11 is 0. The summed E-state index contributed by atoms with van der Waals surface area (Å²) in [5.74, 6) is 0.865. The highest BCUT2D eigenvalue weighted by Gasteiger charge is 2.24. The maximum Gasteiger partial charge on any atom is 0.267 e. The molecule has 2 aromatic rings. The van der Waals surface area contributed by atoms with Crippen LogP contribution in [0.3, 0.4) is 0 Å². The number of alkyl halides is 2. The second kappa shape index (κ2) is 11.0. The molecular formula is C22H28F2O7S. The normalized spacial score (nSPS) is 14.2. The number of rotatable bonds is 12. The van der Waals surface area contributed by atoms with Crippen LogP contribution in [0.4, 0.5) is 8.78 Å². The summed E-state index contributed by atoms with van der Waals surface area (Å²) in [6, 6.07) is 14.2. The molecule has 0 amide bonds. The van der Waals surface area contributed by atoms with E-state index >= 15 is 0 Å². The van der Waals surface area contributed by atoms with Crippen LogP contribution in [0.5, 0.6) is 11.5 Å². The molecule has 0 spiro atoms. The van der Waals surface area contributed by atoms with Crippen LogP contribution in [0.15, 0.2) is 48.5 Å². The minimum absolute atomic E-state index is 0.131. The van der Waals surface area contributed by atoms with E-state index in [4.69, 9.17) is 18.8 Å². The molecule has 0 aliphatic rings. The molecule has 0 saturated carbocycles. The number of ether oxygens (including phenoxy) is 2. The van der Waals surface area contributed by atoms with Crippen molar-refractivity contribution in [3.05, 3.63) is 59.7 Å². The van der Waals surface area contributed by atoms with Gasteiger partial charge in [-0.15, -0.1) is 0 Å². The molecule has 32 heavy (non-hydrogen) atoms. The van der Waals surface area contributed by atoms with E-state index in [9.17, 15) is 22.3 Å². The average Bonchev–Trinajstić information content (AvgIpc) is 2.74. The van der Waals surface area contributed by atoms with Crippen LogP contribution in [0.2, 0.25) is 0 Å². The summed E-state index contributed by atoms with van der Waals surface area (Å²) in [5, 5.41) is 18.4. The van der Waals surface area contributed by atoms with Crippen LogP contribution in [0, 0.1) is 0 Å². The van der Waals surface area contributed by atoms with Crippen LogP contribution in [-0.4, -0.2) is 63.3 Å². The smallest absolute Gasteiger partial charge is 0.267 e. The standard InChI is InChI=1S/C22H28F2O7S/c1-22(2,16-6-10-18(11-7-16)30-14-20(26)21(23)24)15-4-8-17(9-5-15)29-13-19(12-25)31-32(3,27)28/h4-11,19-21,25-26H,12-14H2,1-3H3. The highest BCUT2D eigenvalue weighted by atomic mass is 32.2. The van der Waals surface area contributed by atoms with Gasteiger partial charge in [0.05, 0.1) is 12.9 Å². The molecule has 7 nitrogen and oxygen atoms in total. The number of halogens is 2. The van der Waals surface area contributed by atoms with Gasteiger partial charge in [0.25, 0.3) is 16.5 Å². The van der Waals surface area contributed by atoms with Crippen molar-refractivity contribution in [2.24, 2.45) is 0 Å². The van der Waals surface area contributed by atoms with Gasteiger partial charge in [0.15, 0.2) is 0 Å². The largest absolute Gasteiger partial charge is 0.491 e. The SMILES string of the molecule is CC(C)(c1ccc(OCC(CO)OS(C)(=O)=O)cc1)c1ccc(OCC(O)C(F)F)cc1. The Morgan fingerprint density at radius 3 is 1.72 bits per heavy atom. The second-order valence-corrected chi connectivity index (χ2v) is 9.40. The Balaban J connectivity index is 2.01. The van der Waals surface area contributed by atoms with Gasteiger partial charge in [-0.2, -0.15) is 8.42 Å². The molecule has 0 aliphatic carbocycles. The van der Waals surface area contributed by atoms with Crippen molar-refractivity contribution in [1.29, 1.82) is 0 Å². The zero-order valence-corrected chi connectivity index (χ0v) is 18.9. The van der Waals surface area contributed by atoms with Gasteiger partial charge in [-0.3, -0.25) is 4.18 Å². The number of aliphatic hydroxyl groups excluding tert-OH is 2. The molecule has 0 fully saturated rings. The molecule has 178 valence electrons.